The van der Waals surface area contributed by atoms with Crippen molar-refractivity contribution in [2.75, 3.05) is 36.5 Å². The van der Waals surface area contributed by atoms with Gasteiger partial charge in [-0.15, -0.1) is 0 Å². The third kappa shape index (κ3) is 4.39. The number of rotatable bonds is 5. The van der Waals surface area contributed by atoms with E-state index in [1.807, 2.05) is 70.7 Å². The fourth-order valence-corrected chi connectivity index (χ4v) is 4.44. The van der Waals surface area contributed by atoms with Gasteiger partial charge in [0.25, 0.3) is 5.91 Å². The fraction of sp³-hybridized carbons (Fsp3) is 0.560. The summed E-state index contributed by atoms with van der Waals surface area (Å²) >= 11 is 0. The number of nitrogens with zero attached hydrogens (tertiary/aromatic N) is 4. The van der Waals surface area contributed by atoms with E-state index in [-0.39, 0.29) is 23.2 Å². The summed E-state index contributed by atoms with van der Waals surface area (Å²) in [4.78, 5) is 26.5. The second-order valence-electron chi connectivity index (χ2n) is 10.7. The first-order chi connectivity index (χ1) is 16.6. The van der Waals surface area contributed by atoms with E-state index in [1.54, 1.807) is 0 Å². The maximum atomic E-state index is 13.1. The summed E-state index contributed by atoms with van der Waals surface area (Å²) < 4.78 is 17.8. The molecule has 0 spiro atoms. The van der Waals surface area contributed by atoms with Crippen LogP contribution in [-0.2, 0) is 20.6 Å². The van der Waals surface area contributed by atoms with E-state index in [0.29, 0.717) is 50.3 Å². The number of morpholine rings is 1. The highest BCUT2D eigenvalue weighted by Crippen LogP contribution is 2.37. The minimum absolute atomic E-state index is 0.0499. The number of hydrogen-bond acceptors (Lipinski definition) is 8. The lowest BCUT2D eigenvalue weighted by molar-refractivity contribution is 0.00578. The average Bonchev–Trinajstić information content (AvgIpc) is 3.27. The van der Waals surface area contributed by atoms with Gasteiger partial charge in [0, 0.05) is 30.4 Å². The van der Waals surface area contributed by atoms with Crippen molar-refractivity contribution in [2.24, 2.45) is 0 Å². The van der Waals surface area contributed by atoms with Gasteiger partial charge >= 0.3 is 7.12 Å². The lowest BCUT2D eigenvalue weighted by Crippen LogP contribution is -2.41. The minimum Gasteiger partial charge on any atom is -0.399 e. The first-order valence-electron chi connectivity index (χ1n) is 12.3. The Bertz CT molecular complexity index is 1100. The second-order valence-corrected chi connectivity index (χ2v) is 10.7. The van der Waals surface area contributed by atoms with Gasteiger partial charge in [0.15, 0.2) is 0 Å². The highest BCUT2D eigenvalue weighted by Gasteiger charge is 2.51. The number of anilines is 3. The van der Waals surface area contributed by atoms with Crippen molar-refractivity contribution in [1.29, 1.82) is 0 Å². The van der Waals surface area contributed by atoms with Crippen molar-refractivity contribution < 1.29 is 18.8 Å². The molecular formula is C25H34BN5O4. The highest BCUT2D eigenvalue weighted by molar-refractivity contribution is 6.62. The second kappa shape index (κ2) is 8.76. The zero-order valence-electron chi connectivity index (χ0n) is 21.4. The number of fused-ring (bicyclic) bond motifs is 1. The SMILES string of the molecule is CC(C)N1Cc2c(Nc3ccc(B4OC(C)(C)C(C)(C)O4)cc3)nc(N3CCOCC3)nc2C1=O. The molecule has 2 saturated heterocycles. The largest absolute Gasteiger partial charge is 0.494 e. The molecule has 186 valence electrons. The van der Waals surface area contributed by atoms with Gasteiger partial charge in [-0.3, -0.25) is 4.79 Å². The predicted molar refractivity (Wildman–Crippen MR) is 136 cm³/mol. The van der Waals surface area contributed by atoms with Crippen molar-refractivity contribution in [3.05, 3.63) is 35.5 Å². The highest BCUT2D eigenvalue weighted by atomic mass is 16.7. The Morgan fingerprint density at radius 1 is 1.00 bits per heavy atom. The first-order valence-corrected chi connectivity index (χ1v) is 12.3. The molecular weight excluding hydrogens is 445 g/mol. The number of amides is 1. The van der Waals surface area contributed by atoms with E-state index in [0.717, 1.165) is 16.7 Å². The molecule has 1 N–H and O–H groups in total. The number of benzene rings is 1. The molecule has 1 amide bonds. The van der Waals surface area contributed by atoms with Crippen LogP contribution in [0.1, 0.15) is 57.6 Å². The molecule has 0 unspecified atom stereocenters. The van der Waals surface area contributed by atoms with Gasteiger partial charge in [0.1, 0.15) is 11.5 Å². The summed E-state index contributed by atoms with van der Waals surface area (Å²) in [6, 6.07) is 8.05. The fourth-order valence-electron chi connectivity index (χ4n) is 4.44. The average molecular weight is 479 g/mol. The lowest BCUT2D eigenvalue weighted by Gasteiger charge is -2.32. The summed E-state index contributed by atoms with van der Waals surface area (Å²) in [5.41, 5.74) is 2.36. The summed E-state index contributed by atoms with van der Waals surface area (Å²) in [5, 5.41) is 3.44. The third-order valence-electron chi connectivity index (χ3n) is 7.40. The van der Waals surface area contributed by atoms with Crippen LogP contribution in [-0.4, -0.2) is 71.4 Å². The molecule has 0 radical (unpaired) electrons. The van der Waals surface area contributed by atoms with Crippen LogP contribution in [0.5, 0.6) is 0 Å². The molecule has 0 aliphatic carbocycles. The van der Waals surface area contributed by atoms with Gasteiger partial charge in [-0.05, 0) is 59.1 Å². The lowest BCUT2D eigenvalue weighted by atomic mass is 9.79. The molecule has 2 aromatic rings. The van der Waals surface area contributed by atoms with Crippen LogP contribution in [0, 0.1) is 0 Å². The van der Waals surface area contributed by atoms with Gasteiger partial charge in [0.05, 0.1) is 31.0 Å². The van der Waals surface area contributed by atoms with E-state index in [2.05, 4.69) is 15.2 Å². The molecule has 1 aromatic heterocycles. The van der Waals surface area contributed by atoms with Crippen LogP contribution in [0.4, 0.5) is 17.5 Å². The Balaban J connectivity index is 1.42. The van der Waals surface area contributed by atoms with Crippen LogP contribution in [0.2, 0.25) is 0 Å². The van der Waals surface area contributed by atoms with Crippen molar-refractivity contribution in [2.45, 2.75) is 65.3 Å². The molecule has 3 aliphatic rings. The molecule has 0 bridgehead atoms. The molecule has 0 atom stereocenters. The van der Waals surface area contributed by atoms with E-state index in [9.17, 15) is 4.79 Å². The van der Waals surface area contributed by atoms with E-state index in [4.69, 9.17) is 19.0 Å². The molecule has 4 heterocycles. The summed E-state index contributed by atoms with van der Waals surface area (Å²) in [5.74, 6) is 1.17. The van der Waals surface area contributed by atoms with Gasteiger partial charge in [-0.2, -0.15) is 4.98 Å². The summed E-state index contributed by atoms with van der Waals surface area (Å²) in [6.45, 7) is 15.3. The van der Waals surface area contributed by atoms with Crippen molar-refractivity contribution in [3.8, 4) is 0 Å². The van der Waals surface area contributed by atoms with E-state index >= 15 is 0 Å². The van der Waals surface area contributed by atoms with Crippen LogP contribution in [0.3, 0.4) is 0 Å². The monoisotopic (exact) mass is 479 g/mol. The maximum absolute atomic E-state index is 13.1. The minimum atomic E-state index is -0.414. The number of carbonyl (C=O) groups excluding carboxylic acids is 1. The van der Waals surface area contributed by atoms with Crippen LogP contribution >= 0.6 is 0 Å². The summed E-state index contributed by atoms with van der Waals surface area (Å²) in [6.07, 6.45) is 0. The molecule has 1 aromatic carbocycles. The Hall–Kier alpha value is -2.69. The Kier molecular flexibility index (Phi) is 6.01. The zero-order valence-corrected chi connectivity index (χ0v) is 21.4. The standard InChI is InChI=1S/C25H34BN5O4/c1-16(2)31-15-19-20(22(31)32)28-23(30-11-13-33-14-12-30)29-21(19)27-18-9-7-17(8-10-18)26-34-24(3,4)25(5,6)35-26/h7-10,16H,11-15H2,1-6H3,(H,27,28,29). The predicted octanol–water partition coefficient (Wildman–Crippen LogP) is 2.72. The van der Waals surface area contributed by atoms with Gasteiger partial charge in [0.2, 0.25) is 5.95 Å². The number of aromatic nitrogens is 2. The van der Waals surface area contributed by atoms with Crippen molar-refractivity contribution in [1.82, 2.24) is 14.9 Å². The molecule has 35 heavy (non-hydrogen) atoms. The molecule has 10 heteroatoms. The number of hydrogen-bond donors (Lipinski definition) is 1. The normalized spacial score (nSPS) is 21.1. The third-order valence-corrected chi connectivity index (χ3v) is 7.40. The van der Waals surface area contributed by atoms with Crippen LogP contribution in [0.15, 0.2) is 24.3 Å². The number of ether oxygens (including phenoxy) is 1. The molecule has 5 rings (SSSR count). The Labute approximate surface area is 207 Å². The van der Waals surface area contributed by atoms with Crippen LogP contribution in [0.25, 0.3) is 0 Å². The Morgan fingerprint density at radius 2 is 1.63 bits per heavy atom. The van der Waals surface area contributed by atoms with Crippen molar-refractivity contribution >= 4 is 35.9 Å². The van der Waals surface area contributed by atoms with E-state index in [1.165, 1.54) is 0 Å². The molecule has 3 aliphatic heterocycles. The maximum Gasteiger partial charge on any atom is 0.494 e. The smallest absolute Gasteiger partial charge is 0.399 e. The molecule has 9 nitrogen and oxygen atoms in total. The quantitative estimate of drug-likeness (QED) is 0.656. The van der Waals surface area contributed by atoms with E-state index < -0.39 is 7.12 Å². The first kappa shape index (κ1) is 24.0. The zero-order chi connectivity index (χ0) is 25.0. The molecule has 0 saturated carbocycles. The number of nitrogens with one attached hydrogen (secondary N) is 1. The van der Waals surface area contributed by atoms with Crippen LogP contribution < -0.4 is 15.7 Å². The molecule has 2 fully saturated rings. The summed E-state index contributed by atoms with van der Waals surface area (Å²) in [7, 11) is -0.414. The Morgan fingerprint density at radius 3 is 2.23 bits per heavy atom. The van der Waals surface area contributed by atoms with Gasteiger partial charge in [-0.1, -0.05) is 12.1 Å². The van der Waals surface area contributed by atoms with Gasteiger partial charge in [-0.25, -0.2) is 4.98 Å². The number of carbonyl (C=O) groups is 1. The topological polar surface area (TPSA) is 89.1 Å². The van der Waals surface area contributed by atoms with Gasteiger partial charge < -0.3 is 29.2 Å². The van der Waals surface area contributed by atoms with Crippen molar-refractivity contribution in [3.63, 3.8) is 0 Å².